The Morgan fingerprint density at radius 1 is 0.950 bits per heavy atom. The molecule has 2 aromatic carbocycles. The highest BCUT2D eigenvalue weighted by atomic mass is 19.4. The maximum Gasteiger partial charge on any atom is 0.416 e. The highest BCUT2D eigenvalue weighted by Crippen LogP contribution is 2.31. The van der Waals surface area contributed by atoms with Gasteiger partial charge in [-0.15, -0.1) is 0 Å². The highest BCUT2D eigenvalue weighted by molar-refractivity contribution is 5.64. The largest absolute Gasteiger partial charge is 0.416 e. The van der Waals surface area contributed by atoms with Crippen molar-refractivity contribution in [2.45, 2.75) is 12.7 Å². The summed E-state index contributed by atoms with van der Waals surface area (Å²) in [7, 11) is 1.70. The molecule has 0 unspecified atom stereocenters. The molecule has 5 heteroatoms. The van der Waals surface area contributed by atoms with E-state index in [1.165, 1.54) is 18.2 Å². The molecule has 0 fully saturated rings. The fraction of sp³-hybridized carbons (Fsp3) is 0.200. The molecule has 0 aliphatic heterocycles. The summed E-state index contributed by atoms with van der Waals surface area (Å²) in [4.78, 5) is 0. The lowest BCUT2D eigenvalue weighted by Crippen LogP contribution is -2.07. The molecule has 20 heavy (non-hydrogen) atoms. The summed E-state index contributed by atoms with van der Waals surface area (Å²) >= 11 is 0. The number of nitrogens with one attached hydrogen (secondary N) is 1. The SMILES string of the molecule is CNCc1cc(-c2ccc(C(F)(F)F)cc2)ccc1F. The Bertz CT molecular complexity index is 588. The molecule has 0 aliphatic carbocycles. The average molecular weight is 283 g/mol. The topological polar surface area (TPSA) is 12.0 Å². The second kappa shape index (κ2) is 5.63. The van der Waals surface area contributed by atoms with Crippen molar-refractivity contribution in [2.24, 2.45) is 0 Å². The first-order valence-corrected chi connectivity index (χ1v) is 6.02. The van der Waals surface area contributed by atoms with E-state index in [9.17, 15) is 17.6 Å². The van der Waals surface area contributed by atoms with Crippen LogP contribution in [0.4, 0.5) is 17.6 Å². The van der Waals surface area contributed by atoms with Gasteiger partial charge < -0.3 is 5.32 Å². The van der Waals surface area contributed by atoms with Gasteiger partial charge in [0.05, 0.1) is 5.56 Å². The van der Waals surface area contributed by atoms with Crippen LogP contribution in [0.15, 0.2) is 42.5 Å². The summed E-state index contributed by atoms with van der Waals surface area (Å²) in [5.41, 5.74) is 1.09. The highest BCUT2D eigenvalue weighted by Gasteiger charge is 2.29. The lowest BCUT2D eigenvalue weighted by atomic mass is 10.0. The molecule has 0 atom stereocenters. The molecule has 106 valence electrons. The first kappa shape index (κ1) is 14.5. The molecule has 1 nitrogen and oxygen atoms in total. The van der Waals surface area contributed by atoms with Crippen LogP contribution in [0.1, 0.15) is 11.1 Å². The zero-order chi connectivity index (χ0) is 14.8. The first-order valence-electron chi connectivity index (χ1n) is 6.02. The van der Waals surface area contributed by atoms with Crippen LogP contribution in [-0.4, -0.2) is 7.05 Å². The number of hydrogen-bond acceptors (Lipinski definition) is 1. The minimum atomic E-state index is -4.35. The van der Waals surface area contributed by atoms with Gasteiger partial charge in [0.15, 0.2) is 0 Å². The molecule has 0 bridgehead atoms. The summed E-state index contributed by atoms with van der Waals surface area (Å²) in [6.45, 7) is 0.361. The van der Waals surface area contributed by atoms with Crippen LogP contribution >= 0.6 is 0 Å². The van der Waals surface area contributed by atoms with E-state index in [1.54, 1.807) is 19.2 Å². The summed E-state index contributed by atoms with van der Waals surface area (Å²) in [5.74, 6) is -0.338. The second-order valence-electron chi connectivity index (χ2n) is 4.41. The van der Waals surface area contributed by atoms with Gasteiger partial charge in [0.25, 0.3) is 0 Å². The normalized spacial score (nSPS) is 11.7. The third-order valence-corrected chi connectivity index (χ3v) is 2.96. The Morgan fingerprint density at radius 2 is 1.55 bits per heavy atom. The quantitative estimate of drug-likeness (QED) is 0.831. The molecule has 2 aromatic rings. The van der Waals surface area contributed by atoms with Crippen LogP contribution in [0.2, 0.25) is 0 Å². The minimum absolute atomic E-state index is 0.338. The predicted molar refractivity (Wildman–Crippen MR) is 69.6 cm³/mol. The Balaban J connectivity index is 2.34. The Morgan fingerprint density at radius 3 is 2.10 bits per heavy atom. The summed E-state index contributed by atoms with van der Waals surface area (Å²) < 4.78 is 50.9. The third-order valence-electron chi connectivity index (χ3n) is 2.96. The van der Waals surface area contributed by atoms with Gasteiger partial charge in [-0.25, -0.2) is 4.39 Å². The van der Waals surface area contributed by atoms with E-state index >= 15 is 0 Å². The van der Waals surface area contributed by atoms with E-state index in [4.69, 9.17) is 0 Å². The van der Waals surface area contributed by atoms with Crippen molar-refractivity contribution in [3.8, 4) is 11.1 Å². The number of hydrogen-bond donors (Lipinski definition) is 1. The smallest absolute Gasteiger partial charge is 0.316 e. The van der Waals surface area contributed by atoms with Crippen molar-refractivity contribution >= 4 is 0 Å². The van der Waals surface area contributed by atoms with Gasteiger partial charge in [0.1, 0.15) is 5.82 Å². The van der Waals surface area contributed by atoms with Crippen LogP contribution in [0.3, 0.4) is 0 Å². The molecule has 2 rings (SSSR count). The lowest BCUT2D eigenvalue weighted by Gasteiger charge is -2.09. The van der Waals surface area contributed by atoms with E-state index in [1.807, 2.05) is 0 Å². The van der Waals surface area contributed by atoms with E-state index in [0.717, 1.165) is 12.1 Å². The molecule has 0 amide bonds. The number of halogens is 4. The maximum absolute atomic E-state index is 13.5. The predicted octanol–water partition coefficient (Wildman–Crippen LogP) is 4.23. The second-order valence-corrected chi connectivity index (χ2v) is 4.41. The van der Waals surface area contributed by atoms with E-state index in [2.05, 4.69) is 5.32 Å². The molecule has 0 spiro atoms. The third kappa shape index (κ3) is 3.17. The Hall–Kier alpha value is -1.88. The summed E-state index contributed by atoms with van der Waals surface area (Å²) in [6.07, 6.45) is -4.35. The van der Waals surface area contributed by atoms with Crippen molar-refractivity contribution in [3.05, 3.63) is 59.4 Å². The van der Waals surface area contributed by atoms with Crippen molar-refractivity contribution in [1.29, 1.82) is 0 Å². The molecule has 0 radical (unpaired) electrons. The molecule has 0 aliphatic rings. The molecule has 0 aromatic heterocycles. The average Bonchev–Trinajstić information content (AvgIpc) is 2.41. The monoisotopic (exact) mass is 283 g/mol. The fourth-order valence-corrected chi connectivity index (χ4v) is 1.93. The Kier molecular flexibility index (Phi) is 4.09. The fourth-order valence-electron chi connectivity index (χ4n) is 1.93. The lowest BCUT2D eigenvalue weighted by molar-refractivity contribution is -0.137. The maximum atomic E-state index is 13.5. The van der Waals surface area contributed by atoms with Gasteiger partial charge in [-0.1, -0.05) is 18.2 Å². The van der Waals surface area contributed by atoms with E-state index in [-0.39, 0.29) is 5.82 Å². The molecule has 0 saturated heterocycles. The molecule has 0 saturated carbocycles. The van der Waals surface area contributed by atoms with Crippen molar-refractivity contribution in [1.82, 2.24) is 5.32 Å². The number of rotatable bonds is 3. The van der Waals surface area contributed by atoms with Gasteiger partial charge in [-0.2, -0.15) is 13.2 Å². The number of alkyl halides is 3. The standard InChI is InChI=1S/C15H13F4N/c1-20-9-12-8-11(4-7-14(12)16)10-2-5-13(6-3-10)15(17,18)19/h2-8,20H,9H2,1H3. The van der Waals surface area contributed by atoms with Gasteiger partial charge in [0, 0.05) is 12.1 Å². The van der Waals surface area contributed by atoms with Gasteiger partial charge in [0.2, 0.25) is 0 Å². The van der Waals surface area contributed by atoms with E-state index < -0.39 is 11.7 Å². The molecular formula is C15H13F4N. The minimum Gasteiger partial charge on any atom is -0.316 e. The number of benzene rings is 2. The zero-order valence-electron chi connectivity index (χ0n) is 10.8. The van der Waals surface area contributed by atoms with Crippen molar-refractivity contribution < 1.29 is 17.6 Å². The van der Waals surface area contributed by atoms with Crippen LogP contribution < -0.4 is 5.32 Å². The van der Waals surface area contributed by atoms with Crippen molar-refractivity contribution in [3.63, 3.8) is 0 Å². The summed E-state index contributed by atoms with van der Waals surface area (Å²) in [6, 6.07) is 9.33. The van der Waals surface area contributed by atoms with Crippen LogP contribution in [0.5, 0.6) is 0 Å². The van der Waals surface area contributed by atoms with E-state index in [0.29, 0.717) is 23.2 Å². The van der Waals surface area contributed by atoms with Crippen LogP contribution in [0.25, 0.3) is 11.1 Å². The molecule has 0 heterocycles. The molecule has 1 N–H and O–H groups in total. The summed E-state index contributed by atoms with van der Waals surface area (Å²) in [5, 5.41) is 2.84. The van der Waals surface area contributed by atoms with Crippen LogP contribution in [-0.2, 0) is 12.7 Å². The van der Waals surface area contributed by atoms with Gasteiger partial charge in [-0.05, 0) is 42.4 Å². The first-order chi connectivity index (χ1) is 9.41. The Labute approximate surface area is 114 Å². The van der Waals surface area contributed by atoms with Gasteiger partial charge in [-0.3, -0.25) is 0 Å². The van der Waals surface area contributed by atoms with Crippen molar-refractivity contribution in [2.75, 3.05) is 7.05 Å². The zero-order valence-corrected chi connectivity index (χ0v) is 10.8. The van der Waals surface area contributed by atoms with Gasteiger partial charge >= 0.3 is 6.18 Å². The molecular weight excluding hydrogens is 270 g/mol. The van der Waals surface area contributed by atoms with Crippen LogP contribution in [0, 0.1) is 5.82 Å².